The van der Waals surface area contributed by atoms with Crippen LogP contribution in [0.4, 0.5) is 0 Å². The Balaban J connectivity index is 1.69. The number of carbonyl (C=O) groups is 1. The van der Waals surface area contributed by atoms with Gasteiger partial charge in [-0.1, -0.05) is 59.7 Å². The summed E-state index contributed by atoms with van der Waals surface area (Å²) in [5.41, 5.74) is 6.48. The maximum atomic E-state index is 13.1. The highest BCUT2D eigenvalue weighted by atomic mass is 16.1. The number of carbonyl (C=O) groups excluding carboxylic acids is 1. The average Bonchev–Trinajstić information content (AvgIpc) is 3.43. The van der Waals surface area contributed by atoms with Crippen LogP contribution in [0.25, 0.3) is 12.2 Å². The van der Waals surface area contributed by atoms with Crippen LogP contribution in [0.5, 0.6) is 0 Å². The fourth-order valence-electron chi connectivity index (χ4n) is 3.69. The maximum Gasteiger partial charge on any atom is 0.187 e. The number of ketones is 1. The van der Waals surface area contributed by atoms with Crippen LogP contribution in [0.3, 0.4) is 0 Å². The second-order valence-corrected chi connectivity index (χ2v) is 7.63. The molecule has 2 aromatic rings. The first-order valence-corrected chi connectivity index (χ1v) is 9.42. The highest BCUT2D eigenvalue weighted by molar-refractivity contribution is 6.14. The highest BCUT2D eigenvalue weighted by Crippen LogP contribution is 2.32. The van der Waals surface area contributed by atoms with Crippen LogP contribution >= 0.6 is 0 Å². The predicted molar refractivity (Wildman–Crippen MR) is 108 cm³/mol. The first-order valence-electron chi connectivity index (χ1n) is 9.42. The van der Waals surface area contributed by atoms with Crippen LogP contribution in [0.15, 0.2) is 59.7 Å². The lowest BCUT2D eigenvalue weighted by atomic mass is 9.93. The smallest absolute Gasteiger partial charge is 0.187 e. The van der Waals surface area contributed by atoms with Gasteiger partial charge in [-0.3, -0.25) is 9.69 Å². The van der Waals surface area contributed by atoms with E-state index in [9.17, 15) is 4.79 Å². The van der Waals surface area contributed by atoms with E-state index in [-0.39, 0.29) is 5.78 Å². The molecule has 2 aromatic carbocycles. The van der Waals surface area contributed by atoms with Gasteiger partial charge in [0.25, 0.3) is 0 Å². The van der Waals surface area contributed by atoms with Crippen LogP contribution in [0.2, 0.25) is 0 Å². The molecule has 4 rings (SSSR count). The van der Waals surface area contributed by atoms with Gasteiger partial charge >= 0.3 is 0 Å². The number of piperidine rings is 1. The molecule has 2 heteroatoms. The number of hydrogen-bond donors (Lipinski definition) is 0. The molecule has 0 aromatic heterocycles. The Labute approximate surface area is 155 Å². The van der Waals surface area contributed by atoms with Gasteiger partial charge in [-0.25, -0.2) is 0 Å². The molecule has 0 radical (unpaired) electrons. The van der Waals surface area contributed by atoms with E-state index in [1.807, 2.05) is 0 Å². The number of Topliss-reactive ketones (excluding diaryl/α,β-unsaturated/α-hetero) is 1. The molecule has 1 aliphatic heterocycles. The lowest BCUT2D eigenvalue weighted by Gasteiger charge is -2.29. The van der Waals surface area contributed by atoms with Crippen molar-refractivity contribution >= 4 is 17.9 Å². The summed E-state index contributed by atoms with van der Waals surface area (Å²) in [5, 5.41) is 0. The summed E-state index contributed by atoms with van der Waals surface area (Å²) >= 11 is 0. The molecule has 0 N–H and O–H groups in total. The first-order chi connectivity index (χ1) is 12.6. The van der Waals surface area contributed by atoms with Crippen molar-refractivity contribution in [1.82, 2.24) is 4.90 Å². The van der Waals surface area contributed by atoms with E-state index in [0.717, 1.165) is 35.4 Å². The van der Waals surface area contributed by atoms with Crippen LogP contribution in [-0.4, -0.2) is 29.8 Å². The molecule has 2 aliphatic rings. The Morgan fingerprint density at radius 3 is 1.77 bits per heavy atom. The SMILES string of the molecule is Cc1cccc(/C=C2\CN(C3CC3)C/C(=C\c3cccc(C)c3)C2=O)c1. The van der Waals surface area contributed by atoms with Crippen molar-refractivity contribution in [3.8, 4) is 0 Å². The van der Waals surface area contributed by atoms with Gasteiger partial charge in [-0.05, 0) is 50.0 Å². The second kappa shape index (κ2) is 7.05. The molecule has 0 atom stereocenters. The molecule has 0 spiro atoms. The summed E-state index contributed by atoms with van der Waals surface area (Å²) in [4.78, 5) is 15.6. The summed E-state index contributed by atoms with van der Waals surface area (Å²) < 4.78 is 0. The number of benzene rings is 2. The molecule has 1 aliphatic carbocycles. The van der Waals surface area contributed by atoms with E-state index >= 15 is 0 Å². The molecule has 132 valence electrons. The topological polar surface area (TPSA) is 20.3 Å². The van der Waals surface area contributed by atoms with Crippen LogP contribution < -0.4 is 0 Å². The van der Waals surface area contributed by atoms with Gasteiger partial charge in [0, 0.05) is 30.3 Å². The minimum absolute atomic E-state index is 0.199. The van der Waals surface area contributed by atoms with Crippen molar-refractivity contribution in [3.05, 3.63) is 81.9 Å². The van der Waals surface area contributed by atoms with Gasteiger partial charge in [-0.2, -0.15) is 0 Å². The lowest BCUT2D eigenvalue weighted by molar-refractivity contribution is -0.113. The van der Waals surface area contributed by atoms with Gasteiger partial charge < -0.3 is 0 Å². The zero-order chi connectivity index (χ0) is 18.1. The molecule has 1 saturated heterocycles. The largest absolute Gasteiger partial charge is 0.292 e. The number of nitrogens with zero attached hydrogens (tertiary/aromatic N) is 1. The fourth-order valence-corrected chi connectivity index (χ4v) is 3.69. The molecule has 2 nitrogen and oxygen atoms in total. The Morgan fingerprint density at radius 2 is 1.35 bits per heavy atom. The molecule has 0 unspecified atom stereocenters. The molecular formula is C24H25NO. The van der Waals surface area contributed by atoms with Crippen molar-refractivity contribution in [2.45, 2.75) is 32.7 Å². The van der Waals surface area contributed by atoms with Crippen LogP contribution in [0, 0.1) is 13.8 Å². The summed E-state index contributed by atoms with van der Waals surface area (Å²) in [6, 6.07) is 17.4. The normalized spacial score (nSPS) is 21.5. The summed E-state index contributed by atoms with van der Waals surface area (Å²) in [6.07, 6.45) is 6.66. The van der Waals surface area contributed by atoms with E-state index in [1.165, 1.54) is 24.0 Å². The molecule has 1 heterocycles. The number of rotatable bonds is 3. The maximum absolute atomic E-state index is 13.1. The predicted octanol–water partition coefficient (Wildman–Crippen LogP) is 4.82. The van der Waals surface area contributed by atoms with Gasteiger partial charge in [0.1, 0.15) is 0 Å². The van der Waals surface area contributed by atoms with Crippen molar-refractivity contribution in [3.63, 3.8) is 0 Å². The lowest BCUT2D eigenvalue weighted by Crippen LogP contribution is -2.39. The quantitative estimate of drug-likeness (QED) is 0.745. The van der Waals surface area contributed by atoms with Crippen molar-refractivity contribution < 1.29 is 4.79 Å². The molecule has 2 fully saturated rings. The minimum atomic E-state index is 0.199. The third kappa shape index (κ3) is 3.86. The third-order valence-electron chi connectivity index (χ3n) is 5.16. The van der Waals surface area contributed by atoms with E-state index in [0.29, 0.717) is 6.04 Å². The van der Waals surface area contributed by atoms with Crippen LogP contribution in [-0.2, 0) is 4.79 Å². The summed E-state index contributed by atoms with van der Waals surface area (Å²) in [7, 11) is 0. The average molecular weight is 343 g/mol. The highest BCUT2D eigenvalue weighted by Gasteiger charge is 2.35. The van der Waals surface area contributed by atoms with Gasteiger partial charge in [0.15, 0.2) is 5.78 Å². The zero-order valence-electron chi connectivity index (χ0n) is 15.5. The molecule has 1 saturated carbocycles. The van der Waals surface area contributed by atoms with Crippen molar-refractivity contribution in [1.29, 1.82) is 0 Å². The first kappa shape index (κ1) is 17.0. The van der Waals surface area contributed by atoms with E-state index in [4.69, 9.17) is 0 Å². The fraction of sp³-hybridized carbons (Fsp3) is 0.292. The Morgan fingerprint density at radius 1 is 0.846 bits per heavy atom. The van der Waals surface area contributed by atoms with Gasteiger partial charge in [-0.15, -0.1) is 0 Å². The monoisotopic (exact) mass is 343 g/mol. The van der Waals surface area contributed by atoms with E-state index in [2.05, 4.69) is 79.4 Å². The minimum Gasteiger partial charge on any atom is -0.292 e. The van der Waals surface area contributed by atoms with Crippen molar-refractivity contribution in [2.75, 3.05) is 13.1 Å². The summed E-state index contributed by atoms with van der Waals surface area (Å²) in [5.74, 6) is 0.199. The summed E-state index contributed by atoms with van der Waals surface area (Å²) in [6.45, 7) is 5.71. The third-order valence-corrected chi connectivity index (χ3v) is 5.16. The van der Waals surface area contributed by atoms with E-state index < -0.39 is 0 Å². The standard InChI is InChI=1S/C24H25NO/c1-17-5-3-7-19(11-17)13-21-15-25(23-9-10-23)16-22(24(21)26)14-20-8-4-6-18(2)12-20/h3-8,11-14,23H,9-10,15-16H2,1-2H3/b21-13+,22-14+. The number of likely N-dealkylation sites (tertiary alicyclic amines) is 1. The van der Waals surface area contributed by atoms with Crippen LogP contribution in [0.1, 0.15) is 35.1 Å². The molecule has 26 heavy (non-hydrogen) atoms. The van der Waals surface area contributed by atoms with Gasteiger partial charge in [0.2, 0.25) is 0 Å². The Kier molecular flexibility index (Phi) is 4.60. The number of hydrogen-bond acceptors (Lipinski definition) is 2. The van der Waals surface area contributed by atoms with Crippen molar-refractivity contribution in [2.24, 2.45) is 0 Å². The van der Waals surface area contributed by atoms with E-state index in [1.54, 1.807) is 0 Å². The number of aryl methyl sites for hydroxylation is 2. The second-order valence-electron chi connectivity index (χ2n) is 7.63. The molecule has 0 bridgehead atoms. The Bertz CT molecular complexity index is 834. The van der Waals surface area contributed by atoms with Gasteiger partial charge in [0.05, 0.1) is 0 Å². The zero-order valence-corrected chi connectivity index (χ0v) is 15.5. The Hall–Kier alpha value is -2.45. The molecular weight excluding hydrogens is 318 g/mol. The molecule has 0 amide bonds.